The molecule has 0 aliphatic rings. The number of nitrogens with zero attached hydrogens (tertiary/aromatic N) is 3. The molecule has 0 spiro atoms. The first-order chi connectivity index (χ1) is 14.4. The Morgan fingerprint density at radius 2 is 1.77 bits per heavy atom. The van der Waals surface area contributed by atoms with E-state index in [9.17, 15) is 13.2 Å². The van der Waals surface area contributed by atoms with Gasteiger partial charge in [0.15, 0.2) is 0 Å². The van der Waals surface area contributed by atoms with Crippen LogP contribution in [0.15, 0.2) is 84.2 Å². The number of carbonyl (C=O) groups is 1. The third-order valence-corrected chi connectivity index (χ3v) is 5.02. The molecule has 1 heterocycles. The molecule has 9 heteroatoms. The van der Waals surface area contributed by atoms with Gasteiger partial charge in [-0.15, -0.1) is 0 Å². The number of para-hydroxylation sites is 1. The summed E-state index contributed by atoms with van der Waals surface area (Å²) in [7, 11) is -3.69. The van der Waals surface area contributed by atoms with Crippen LogP contribution in [-0.4, -0.2) is 38.3 Å². The first kappa shape index (κ1) is 21.0. The Bertz CT molecular complexity index is 1100. The lowest BCUT2D eigenvalue weighted by molar-refractivity contribution is -0.119. The molecule has 0 aliphatic carbocycles. The molecule has 8 nitrogen and oxygen atoms in total. The zero-order chi connectivity index (χ0) is 21.4. The normalized spacial score (nSPS) is 11.2. The topological polar surface area (TPSA) is 101 Å². The number of rotatable bonds is 8. The largest absolute Gasteiger partial charge is 0.457 e. The molecule has 1 aromatic heterocycles. The van der Waals surface area contributed by atoms with Crippen molar-refractivity contribution in [2.75, 3.05) is 17.1 Å². The standard InChI is InChI=1S/C21H20N4O4S/c1-30(27,28)25(16-21(26)24-23-15-17-6-5-13-22-14-17)18-9-11-20(12-10-18)29-19-7-3-2-4-8-19/h2-15H,16H2,1H3,(H,24,26)/b23-15-. The van der Waals surface area contributed by atoms with E-state index >= 15 is 0 Å². The molecule has 0 fully saturated rings. The fourth-order valence-corrected chi connectivity index (χ4v) is 3.36. The van der Waals surface area contributed by atoms with Gasteiger partial charge in [0.05, 0.1) is 18.2 Å². The van der Waals surface area contributed by atoms with E-state index in [1.165, 1.54) is 6.21 Å². The van der Waals surface area contributed by atoms with Crippen molar-refractivity contribution >= 4 is 27.8 Å². The van der Waals surface area contributed by atoms with E-state index in [2.05, 4.69) is 15.5 Å². The Morgan fingerprint density at radius 3 is 2.40 bits per heavy atom. The molecule has 0 saturated carbocycles. The van der Waals surface area contributed by atoms with E-state index in [1.54, 1.807) is 48.8 Å². The van der Waals surface area contributed by atoms with Gasteiger partial charge in [-0.1, -0.05) is 24.3 Å². The van der Waals surface area contributed by atoms with Crippen LogP contribution in [0.4, 0.5) is 5.69 Å². The van der Waals surface area contributed by atoms with Crippen LogP contribution in [0.3, 0.4) is 0 Å². The Morgan fingerprint density at radius 1 is 1.07 bits per heavy atom. The van der Waals surface area contributed by atoms with Crippen molar-refractivity contribution in [1.29, 1.82) is 0 Å². The van der Waals surface area contributed by atoms with Gasteiger partial charge in [-0.2, -0.15) is 5.10 Å². The highest BCUT2D eigenvalue weighted by Gasteiger charge is 2.20. The molecule has 0 atom stereocenters. The Labute approximate surface area is 174 Å². The summed E-state index contributed by atoms with van der Waals surface area (Å²) in [6, 6.07) is 19.1. The summed E-state index contributed by atoms with van der Waals surface area (Å²) < 4.78 is 31.1. The average molecular weight is 424 g/mol. The zero-order valence-corrected chi connectivity index (χ0v) is 17.0. The molecular weight excluding hydrogens is 404 g/mol. The van der Waals surface area contributed by atoms with Crippen LogP contribution in [0, 0.1) is 0 Å². The van der Waals surface area contributed by atoms with E-state index in [-0.39, 0.29) is 0 Å². The predicted octanol–water partition coefficient (Wildman–Crippen LogP) is 2.79. The minimum absolute atomic E-state index is 0.337. The molecule has 0 bridgehead atoms. The molecule has 3 aromatic rings. The van der Waals surface area contributed by atoms with E-state index < -0.39 is 22.5 Å². The highest BCUT2D eigenvalue weighted by atomic mass is 32.2. The van der Waals surface area contributed by atoms with Crippen LogP contribution < -0.4 is 14.5 Å². The number of nitrogens with one attached hydrogen (secondary N) is 1. The van der Waals surface area contributed by atoms with Crippen LogP contribution in [0.1, 0.15) is 5.56 Å². The molecule has 30 heavy (non-hydrogen) atoms. The van der Waals surface area contributed by atoms with E-state index in [0.29, 0.717) is 22.7 Å². The molecular formula is C21H20N4O4S. The summed E-state index contributed by atoms with van der Waals surface area (Å²) >= 11 is 0. The van der Waals surface area contributed by atoms with Crippen LogP contribution in [0.25, 0.3) is 0 Å². The second-order valence-electron chi connectivity index (χ2n) is 6.26. The first-order valence-corrected chi connectivity index (χ1v) is 10.8. The number of pyridine rings is 1. The molecule has 0 saturated heterocycles. The van der Waals surface area contributed by atoms with Crippen LogP contribution in [0.2, 0.25) is 0 Å². The summed E-state index contributed by atoms with van der Waals surface area (Å²) in [5.74, 6) is 0.630. The van der Waals surface area contributed by atoms with E-state index in [0.717, 1.165) is 10.6 Å². The SMILES string of the molecule is CS(=O)(=O)N(CC(=O)N/N=C\c1cccnc1)c1ccc(Oc2ccccc2)cc1. The van der Waals surface area contributed by atoms with Gasteiger partial charge in [0.25, 0.3) is 5.91 Å². The summed E-state index contributed by atoms with van der Waals surface area (Å²) in [5, 5.41) is 3.83. The van der Waals surface area contributed by atoms with E-state index in [4.69, 9.17) is 4.74 Å². The monoisotopic (exact) mass is 424 g/mol. The van der Waals surface area contributed by atoms with Crippen molar-refractivity contribution in [3.63, 3.8) is 0 Å². The minimum Gasteiger partial charge on any atom is -0.457 e. The molecule has 0 aliphatic heterocycles. The molecule has 0 unspecified atom stereocenters. The summed E-state index contributed by atoms with van der Waals surface area (Å²) in [6.45, 7) is -0.415. The number of sulfonamides is 1. The van der Waals surface area contributed by atoms with Gasteiger partial charge in [0.2, 0.25) is 10.0 Å². The number of hydrazone groups is 1. The van der Waals surface area contributed by atoms with Gasteiger partial charge in [-0.25, -0.2) is 13.8 Å². The van der Waals surface area contributed by atoms with Gasteiger partial charge in [-0.3, -0.25) is 14.1 Å². The molecule has 2 aromatic carbocycles. The number of anilines is 1. The lowest BCUT2D eigenvalue weighted by Gasteiger charge is -2.21. The van der Waals surface area contributed by atoms with Crippen molar-refractivity contribution in [2.45, 2.75) is 0 Å². The van der Waals surface area contributed by atoms with Crippen molar-refractivity contribution in [2.24, 2.45) is 5.10 Å². The second kappa shape index (κ2) is 9.66. The Balaban J connectivity index is 1.67. The molecule has 1 amide bonds. The van der Waals surface area contributed by atoms with Gasteiger partial charge in [0, 0.05) is 18.0 Å². The van der Waals surface area contributed by atoms with Crippen molar-refractivity contribution in [3.05, 3.63) is 84.7 Å². The minimum atomic E-state index is -3.69. The molecule has 154 valence electrons. The third-order valence-electron chi connectivity index (χ3n) is 3.88. The highest BCUT2D eigenvalue weighted by molar-refractivity contribution is 7.92. The molecule has 1 N–H and O–H groups in total. The summed E-state index contributed by atoms with van der Waals surface area (Å²) in [4.78, 5) is 16.1. The quantitative estimate of drug-likeness (QED) is 0.443. The second-order valence-corrected chi connectivity index (χ2v) is 8.17. The van der Waals surface area contributed by atoms with Crippen LogP contribution >= 0.6 is 0 Å². The van der Waals surface area contributed by atoms with Gasteiger partial charge in [0.1, 0.15) is 18.0 Å². The number of hydrogen-bond acceptors (Lipinski definition) is 6. The lowest BCUT2D eigenvalue weighted by Crippen LogP contribution is -2.39. The summed E-state index contributed by atoms with van der Waals surface area (Å²) in [6.07, 6.45) is 5.66. The molecule has 3 rings (SSSR count). The smallest absolute Gasteiger partial charge is 0.260 e. The van der Waals surface area contributed by atoms with Crippen LogP contribution in [-0.2, 0) is 14.8 Å². The number of carbonyl (C=O) groups excluding carboxylic acids is 1. The van der Waals surface area contributed by atoms with E-state index in [1.807, 2.05) is 30.3 Å². The van der Waals surface area contributed by atoms with Gasteiger partial charge < -0.3 is 4.74 Å². The maximum absolute atomic E-state index is 12.2. The highest BCUT2D eigenvalue weighted by Crippen LogP contribution is 2.25. The number of amides is 1. The van der Waals surface area contributed by atoms with Gasteiger partial charge in [-0.05, 0) is 42.5 Å². The Hall–Kier alpha value is -3.72. The maximum atomic E-state index is 12.2. The summed E-state index contributed by atoms with van der Waals surface area (Å²) in [5.41, 5.74) is 3.36. The first-order valence-electron chi connectivity index (χ1n) is 8.94. The Kier molecular flexibility index (Phi) is 6.76. The predicted molar refractivity (Wildman–Crippen MR) is 115 cm³/mol. The lowest BCUT2D eigenvalue weighted by atomic mass is 10.3. The number of hydrogen-bond donors (Lipinski definition) is 1. The average Bonchev–Trinajstić information content (AvgIpc) is 2.73. The third kappa shape index (κ3) is 6.14. The maximum Gasteiger partial charge on any atom is 0.260 e. The number of ether oxygens (including phenoxy) is 1. The van der Waals surface area contributed by atoms with Crippen molar-refractivity contribution in [1.82, 2.24) is 10.4 Å². The van der Waals surface area contributed by atoms with Gasteiger partial charge >= 0.3 is 0 Å². The fourth-order valence-electron chi connectivity index (χ4n) is 2.50. The van der Waals surface area contributed by atoms with Crippen molar-refractivity contribution < 1.29 is 17.9 Å². The zero-order valence-electron chi connectivity index (χ0n) is 16.2. The number of benzene rings is 2. The van der Waals surface area contributed by atoms with Crippen molar-refractivity contribution in [3.8, 4) is 11.5 Å². The number of aromatic nitrogens is 1. The van der Waals surface area contributed by atoms with Crippen LogP contribution in [0.5, 0.6) is 11.5 Å². The molecule has 0 radical (unpaired) electrons. The fraction of sp³-hybridized carbons (Fsp3) is 0.0952.